The topological polar surface area (TPSA) is 83.6 Å². The number of carboxylic acid groups (broad SMARTS) is 1. The number of nitrogens with zero attached hydrogens (tertiary/aromatic N) is 1. The molecule has 2 rings (SSSR count). The lowest BCUT2D eigenvalue weighted by molar-refractivity contribution is 0.0652. The molecule has 0 saturated heterocycles. The number of hydrogen-bond acceptors (Lipinski definition) is 4. The van der Waals surface area contributed by atoms with E-state index in [0.717, 1.165) is 0 Å². The van der Waals surface area contributed by atoms with Gasteiger partial charge in [0.2, 0.25) is 5.76 Å². The van der Waals surface area contributed by atoms with Crippen LogP contribution in [0.1, 0.15) is 21.8 Å². The first kappa shape index (κ1) is 10.2. The second kappa shape index (κ2) is 4.06. The number of aromatic carboxylic acids is 1. The predicted molar refractivity (Wildman–Crippen MR) is 54.4 cm³/mol. The minimum atomic E-state index is -1.16. The van der Waals surface area contributed by atoms with Crippen LogP contribution in [0, 0.1) is 0 Å². The molecule has 16 heavy (non-hydrogen) atoms. The monoisotopic (exact) mass is 219 g/mol. The Morgan fingerprint density at radius 3 is 2.75 bits per heavy atom. The highest BCUT2D eigenvalue weighted by Gasteiger charge is 2.12. The van der Waals surface area contributed by atoms with Crippen molar-refractivity contribution in [2.24, 2.45) is 0 Å². The zero-order chi connectivity index (χ0) is 11.5. The Morgan fingerprint density at radius 1 is 1.38 bits per heavy atom. The first-order valence-corrected chi connectivity index (χ1v) is 4.62. The molecule has 1 heterocycles. The maximum Gasteiger partial charge on any atom is 0.374 e. The SMILES string of the molecule is O=C(O)c1cc(Cc2ccccc2O)no1. The van der Waals surface area contributed by atoms with Gasteiger partial charge in [0.1, 0.15) is 5.75 Å². The van der Waals surface area contributed by atoms with Gasteiger partial charge < -0.3 is 14.7 Å². The molecule has 0 aliphatic carbocycles. The Labute approximate surface area is 90.9 Å². The fraction of sp³-hybridized carbons (Fsp3) is 0.0909. The number of aromatic nitrogens is 1. The fourth-order valence-corrected chi connectivity index (χ4v) is 1.35. The Kier molecular flexibility index (Phi) is 2.59. The molecule has 0 aliphatic rings. The molecule has 1 aromatic heterocycles. The third-order valence-corrected chi connectivity index (χ3v) is 2.13. The predicted octanol–water partition coefficient (Wildman–Crippen LogP) is 1.67. The molecule has 5 heteroatoms. The second-order valence-corrected chi connectivity index (χ2v) is 3.29. The molecule has 0 unspecified atom stereocenters. The van der Waals surface area contributed by atoms with Crippen LogP contribution < -0.4 is 0 Å². The number of rotatable bonds is 3. The second-order valence-electron chi connectivity index (χ2n) is 3.29. The molecular weight excluding hydrogens is 210 g/mol. The van der Waals surface area contributed by atoms with Crippen LogP contribution in [0.4, 0.5) is 0 Å². The lowest BCUT2D eigenvalue weighted by Crippen LogP contribution is -1.92. The summed E-state index contributed by atoms with van der Waals surface area (Å²) in [4.78, 5) is 10.6. The summed E-state index contributed by atoms with van der Waals surface area (Å²) >= 11 is 0. The number of phenols is 1. The van der Waals surface area contributed by atoms with Gasteiger partial charge in [-0.2, -0.15) is 0 Å². The minimum Gasteiger partial charge on any atom is -0.508 e. The maximum atomic E-state index is 10.6. The highest BCUT2D eigenvalue weighted by atomic mass is 16.5. The van der Waals surface area contributed by atoms with Crippen LogP contribution in [0.5, 0.6) is 5.75 Å². The van der Waals surface area contributed by atoms with Crippen LogP contribution >= 0.6 is 0 Å². The Morgan fingerprint density at radius 2 is 2.12 bits per heavy atom. The summed E-state index contributed by atoms with van der Waals surface area (Å²) in [6, 6.07) is 8.14. The largest absolute Gasteiger partial charge is 0.508 e. The molecular formula is C11H9NO4. The molecule has 0 saturated carbocycles. The van der Waals surface area contributed by atoms with E-state index in [4.69, 9.17) is 5.11 Å². The van der Waals surface area contributed by atoms with Crippen molar-refractivity contribution in [1.29, 1.82) is 0 Å². The maximum absolute atomic E-state index is 10.6. The molecule has 0 bridgehead atoms. The highest BCUT2D eigenvalue weighted by molar-refractivity contribution is 5.84. The van der Waals surface area contributed by atoms with Gasteiger partial charge in [-0.25, -0.2) is 4.79 Å². The number of para-hydroxylation sites is 1. The van der Waals surface area contributed by atoms with E-state index < -0.39 is 5.97 Å². The molecule has 2 N–H and O–H groups in total. The van der Waals surface area contributed by atoms with Crippen molar-refractivity contribution in [3.05, 3.63) is 47.3 Å². The molecule has 0 aliphatic heterocycles. The summed E-state index contributed by atoms with van der Waals surface area (Å²) in [7, 11) is 0. The van der Waals surface area contributed by atoms with Crippen molar-refractivity contribution in [2.75, 3.05) is 0 Å². The van der Waals surface area contributed by atoms with Gasteiger partial charge in [-0.15, -0.1) is 0 Å². The van der Waals surface area contributed by atoms with E-state index in [1.54, 1.807) is 24.3 Å². The summed E-state index contributed by atoms with van der Waals surface area (Å²) < 4.78 is 4.61. The van der Waals surface area contributed by atoms with Crippen molar-refractivity contribution >= 4 is 5.97 Å². The zero-order valence-electron chi connectivity index (χ0n) is 8.25. The van der Waals surface area contributed by atoms with Crippen LogP contribution in [0.25, 0.3) is 0 Å². The molecule has 0 atom stereocenters. The Hall–Kier alpha value is -2.30. The lowest BCUT2D eigenvalue weighted by atomic mass is 10.1. The van der Waals surface area contributed by atoms with Gasteiger partial charge in [0.05, 0.1) is 5.69 Å². The van der Waals surface area contributed by atoms with E-state index in [9.17, 15) is 9.90 Å². The molecule has 82 valence electrons. The average Bonchev–Trinajstić information content (AvgIpc) is 2.70. The standard InChI is InChI=1S/C11H9NO4/c13-9-4-2-1-3-7(9)5-8-6-10(11(14)15)16-12-8/h1-4,6,13H,5H2,(H,14,15). The third kappa shape index (κ3) is 2.03. The summed E-state index contributed by atoms with van der Waals surface area (Å²) in [5.41, 5.74) is 1.15. The molecule has 0 radical (unpaired) electrons. The average molecular weight is 219 g/mol. The molecule has 0 spiro atoms. The van der Waals surface area contributed by atoms with Crippen molar-refractivity contribution in [3.63, 3.8) is 0 Å². The van der Waals surface area contributed by atoms with Crippen LogP contribution in [0.2, 0.25) is 0 Å². The summed E-state index contributed by atoms with van der Waals surface area (Å²) in [6.45, 7) is 0. The van der Waals surface area contributed by atoms with Gasteiger partial charge in [0, 0.05) is 12.5 Å². The van der Waals surface area contributed by atoms with Crippen LogP contribution in [-0.4, -0.2) is 21.3 Å². The van der Waals surface area contributed by atoms with Gasteiger partial charge in [0.15, 0.2) is 0 Å². The smallest absolute Gasteiger partial charge is 0.374 e. The van der Waals surface area contributed by atoms with E-state index in [-0.39, 0.29) is 11.5 Å². The van der Waals surface area contributed by atoms with Crippen molar-refractivity contribution in [1.82, 2.24) is 5.16 Å². The summed E-state index contributed by atoms with van der Waals surface area (Å²) in [5.74, 6) is -1.20. The normalized spacial score (nSPS) is 10.2. The molecule has 0 fully saturated rings. The van der Waals surface area contributed by atoms with Crippen molar-refractivity contribution in [3.8, 4) is 5.75 Å². The quantitative estimate of drug-likeness (QED) is 0.820. The summed E-state index contributed by atoms with van der Waals surface area (Å²) in [5, 5.41) is 21.8. The fourth-order valence-electron chi connectivity index (χ4n) is 1.35. The van der Waals surface area contributed by atoms with Crippen molar-refractivity contribution < 1.29 is 19.5 Å². The van der Waals surface area contributed by atoms with Crippen molar-refractivity contribution in [2.45, 2.75) is 6.42 Å². The first-order chi connectivity index (χ1) is 7.66. The molecule has 2 aromatic rings. The number of phenolic OH excluding ortho intramolecular Hbond substituents is 1. The van der Waals surface area contributed by atoms with Gasteiger partial charge in [0.25, 0.3) is 0 Å². The zero-order valence-corrected chi connectivity index (χ0v) is 8.25. The lowest BCUT2D eigenvalue weighted by Gasteiger charge is -1.99. The van der Waals surface area contributed by atoms with E-state index in [1.165, 1.54) is 6.07 Å². The highest BCUT2D eigenvalue weighted by Crippen LogP contribution is 2.19. The van der Waals surface area contributed by atoms with Gasteiger partial charge >= 0.3 is 5.97 Å². The van der Waals surface area contributed by atoms with Crippen LogP contribution in [0.3, 0.4) is 0 Å². The third-order valence-electron chi connectivity index (χ3n) is 2.13. The molecule has 1 aromatic carbocycles. The van der Waals surface area contributed by atoms with E-state index in [0.29, 0.717) is 17.7 Å². The number of benzene rings is 1. The summed E-state index contributed by atoms with van der Waals surface area (Å²) in [6.07, 6.45) is 0.337. The number of aromatic hydroxyl groups is 1. The van der Waals surface area contributed by atoms with Gasteiger partial charge in [-0.1, -0.05) is 23.4 Å². The first-order valence-electron chi connectivity index (χ1n) is 4.62. The van der Waals surface area contributed by atoms with Gasteiger partial charge in [-0.3, -0.25) is 0 Å². The molecule has 0 amide bonds. The van der Waals surface area contributed by atoms with E-state index in [2.05, 4.69) is 9.68 Å². The number of carboxylic acids is 1. The number of hydrogen-bond donors (Lipinski definition) is 2. The molecule has 5 nitrogen and oxygen atoms in total. The Balaban J connectivity index is 2.21. The van der Waals surface area contributed by atoms with E-state index >= 15 is 0 Å². The van der Waals surface area contributed by atoms with Gasteiger partial charge in [-0.05, 0) is 11.6 Å². The minimum absolute atomic E-state index is 0.155. The van der Waals surface area contributed by atoms with Crippen LogP contribution in [0.15, 0.2) is 34.9 Å². The Bertz CT molecular complexity index is 518. The van der Waals surface area contributed by atoms with E-state index in [1.807, 2.05) is 0 Å². The van der Waals surface area contributed by atoms with Crippen LogP contribution in [-0.2, 0) is 6.42 Å². The number of carbonyl (C=O) groups is 1.